The van der Waals surface area contributed by atoms with Crippen molar-refractivity contribution in [3.63, 3.8) is 0 Å². The summed E-state index contributed by atoms with van der Waals surface area (Å²) in [6.07, 6.45) is 1.53. The van der Waals surface area contributed by atoms with Crippen molar-refractivity contribution in [3.8, 4) is 0 Å². The zero-order valence-corrected chi connectivity index (χ0v) is 13.3. The molecule has 2 rings (SSSR count). The van der Waals surface area contributed by atoms with Crippen LogP contribution in [0, 0.1) is 17.6 Å². The molecule has 0 aliphatic rings. The van der Waals surface area contributed by atoms with E-state index < -0.39 is 35.1 Å². The first-order valence-corrected chi connectivity index (χ1v) is 7.73. The van der Waals surface area contributed by atoms with Gasteiger partial charge in [-0.05, 0) is 18.1 Å². The van der Waals surface area contributed by atoms with Crippen LogP contribution < -0.4 is 10.6 Å². The molecule has 2 amide bonds. The first-order chi connectivity index (χ1) is 10.9. The van der Waals surface area contributed by atoms with E-state index in [4.69, 9.17) is 0 Å². The quantitative estimate of drug-likeness (QED) is 0.880. The number of hydrogen-bond donors (Lipinski definition) is 2. The Hall–Kier alpha value is -2.35. The van der Waals surface area contributed by atoms with Crippen LogP contribution in [0.15, 0.2) is 29.8 Å². The summed E-state index contributed by atoms with van der Waals surface area (Å²) >= 11 is 1.22. The summed E-state index contributed by atoms with van der Waals surface area (Å²) in [5.74, 6) is -3.72. The summed E-state index contributed by atoms with van der Waals surface area (Å²) in [5, 5.41) is 7.00. The van der Waals surface area contributed by atoms with E-state index in [1.807, 2.05) is 0 Å². The summed E-state index contributed by atoms with van der Waals surface area (Å²) in [4.78, 5) is 28.3. The van der Waals surface area contributed by atoms with Gasteiger partial charge in [-0.2, -0.15) is 0 Å². The molecule has 8 heteroatoms. The van der Waals surface area contributed by atoms with Crippen LogP contribution in [-0.2, 0) is 4.79 Å². The van der Waals surface area contributed by atoms with Crippen LogP contribution in [-0.4, -0.2) is 22.8 Å². The first kappa shape index (κ1) is 17.0. The van der Waals surface area contributed by atoms with Gasteiger partial charge in [-0.15, -0.1) is 11.3 Å². The van der Waals surface area contributed by atoms with Gasteiger partial charge in [0.25, 0.3) is 5.91 Å². The van der Waals surface area contributed by atoms with Gasteiger partial charge in [0.2, 0.25) is 5.91 Å². The van der Waals surface area contributed by atoms with Crippen molar-refractivity contribution in [1.82, 2.24) is 10.3 Å². The SMILES string of the molecule is CC(C)C(NC(=O)c1c(F)cccc1F)C(=O)Nc1nccs1. The zero-order valence-electron chi connectivity index (χ0n) is 12.5. The predicted molar refractivity (Wildman–Crippen MR) is 83.2 cm³/mol. The van der Waals surface area contributed by atoms with Crippen LogP contribution in [0.5, 0.6) is 0 Å². The molecule has 1 aromatic heterocycles. The topological polar surface area (TPSA) is 71.1 Å². The van der Waals surface area contributed by atoms with Crippen molar-refractivity contribution in [3.05, 3.63) is 47.0 Å². The molecule has 2 aromatic rings. The molecule has 0 radical (unpaired) electrons. The average Bonchev–Trinajstić information content (AvgIpc) is 2.97. The van der Waals surface area contributed by atoms with Gasteiger partial charge in [-0.1, -0.05) is 19.9 Å². The number of rotatable bonds is 5. The highest BCUT2D eigenvalue weighted by molar-refractivity contribution is 7.13. The molecular formula is C15H15F2N3O2S. The lowest BCUT2D eigenvalue weighted by Crippen LogP contribution is -2.47. The van der Waals surface area contributed by atoms with Crippen molar-refractivity contribution in [2.45, 2.75) is 19.9 Å². The molecule has 0 fully saturated rings. The fraction of sp³-hybridized carbons (Fsp3) is 0.267. The molecule has 0 spiro atoms. The molecule has 1 heterocycles. The smallest absolute Gasteiger partial charge is 0.257 e. The Morgan fingerprint density at radius 3 is 2.39 bits per heavy atom. The molecule has 0 aliphatic heterocycles. The molecule has 1 unspecified atom stereocenters. The lowest BCUT2D eigenvalue weighted by molar-refractivity contribution is -0.118. The Morgan fingerprint density at radius 1 is 1.22 bits per heavy atom. The van der Waals surface area contributed by atoms with Gasteiger partial charge in [0.05, 0.1) is 0 Å². The van der Waals surface area contributed by atoms with Gasteiger partial charge in [0.1, 0.15) is 23.2 Å². The first-order valence-electron chi connectivity index (χ1n) is 6.85. The Labute approximate surface area is 135 Å². The lowest BCUT2D eigenvalue weighted by atomic mass is 10.0. The molecule has 0 aliphatic carbocycles. The van der Waals surface area contributed by atoms with E-state index in [1.165, 1.54) is 17.5 Å². The Bertz CT molecular complexity index is 685. The number of amides is 2. The Balaban J connectivity index is 2.16. The van der Waals surface area contributed by atoms with E-state index in [9.17, 15) is 18.4 Å². The number of carbonyl (C=O) groups excluding carboxylic acids is 2. The Kier molecular flexibility index (Phi) is 5.38. The summed E-state index contributed by atoms with van der Waals surface area (Å²) in [7, 11) is 0. The summed E-state index contributed by atoms with van der Waals surface area (Å²) < 4.78 is 27.3. The highest BCUT2D eigenvalue weighted by Gasteiger charge is 2.27. The average molecular weight is 339 g/mol. The van der Waals surface area contributed by atoms with Gasteiger partial charge in [0, 0.05) is 11.6 Å². The van der Waals surface area contributed by atoms with Crippen molar-refractivity contribution in [2.75, 3.05) is 5.32 Å². The van der Waals surface area contributed by atoms with Crippen LogP contribution >= 0.6 is 11.3 Å². The molecule has 1 aromatic carbocycles. The van der Waals surface area contributed by atoms with E-state index >= 15 is 0 Å². The second kappa shape index (κ2) is 7.28. The van der Waals surface area contributed by atoms with Crippen LogP contribution in [0.1, 0.15) is 24.2 Å². The molecule has 2 N–H and O–H groups in total. The highest BCUT2D eigenvalue weighted by Crippen LogP contribution is 2.15. The molecule has 0 bridgehead atoms. The number of nitrogens with one attached hydrogen (secondary N) is 2. The third-order valence-corrected chi connectivity index (χ3v) is 3.78. The number of nitrogens with zero attached hydrogens (tertiary/aromatic N) is 1. The van der Waals surface area contributed by atoms with Crippen molar-refractivity contribution in [2.24, 2.45) is 5.92 Å². The number of hydrogen-bond acceptors (Lipinski definition) is 4. The summed E-state index contributed by atoms with van der Waals surface area (Å²) in [6.45, 7) is 3.42. The fourth-order valence-electron chi connectivity index (χ4n) is 1.93. The molecule has 5 nitrogen and oxygen atoms in total. The van der Waals surface area contributed by atoms with E-state index in [-0.39, 0.29) is 5.92 Å². The minimum Gasteiger partial charge on any atom is -0.340 e. The van der Waals surface area contributed by atoms with Gasteiger partial charge >= 0.3 is 0 Å². The number of thiazole rings is 1. The number of carbonyl (C=O) groups is 2. The van der Waals surface area contributed by atoms with Crippen molar-refractivity contribution >= 4 is 28.3 Å². The number of anilines is 1. The van der Waals surface area contributed by atoms with E-state index in [1.54, 1.807) is 19.2 Å². The molecule has 122 valence electrons. The van der Waals surface area contributed by atoms with E-state index in [0.29, 0.717) is 5.13 Å². The van der Waals surface area contributed by atoms with E-state index in [2.05, 4.69) is 15.6 Å². The molecule has 23 heavy (non-hydrogen) atoms. The second-order valence-corrected chi connectivity index (χ2v) is 6.01. The fourth-order valence-corrected chi connectivity index (χ4v) is 2.46. The van der Waals surface area contributed by atoms with Crippen molar-refractivity contribution < 1.29 is 18.4 Å². The van der Waals surface area contributed by atoms with Crippen LogP contribution in [0.3, 0.4) is 0 Å². The van der Waals surface area contributed by atoms with Crippen LogP contribution in [0.25, 0.3) is 0 Å². The van der Waals surface area contributed by atoms with Crippen LogP contribution in [0.2, 0.25) is 0 Å². The molecule has 0 saturated carbocycles. The van der Waals surface area contributed by atoms with Gasteiger partial charge in [-0.3, -0.25) is 9.59 Å². The Morgan fingerprint density at radius 2 is 1.87 bits per heavy atom. The standard InChI is InChI=1S/C15H15F2N3O2S/c1-8(2)12(14(22)20-15-18-6-7-23-15)19-13(21)11-9(16)4-3-5-10(11)17/h3-8,12H,1-2H3,(H,19,21)(H,18,20,22). The monoisotopic (exact) mass is 339 g/mol. The van der Waals surface area contributed by atoms with Crippen molar-refractivity contribution in [1.29, 1.82) is 0 Å². The van der Waals surface area contributed by atoms with Crippen LogP contribution in [0.4, 0.5) is 13.9 Å². The number of halogens is 2. The third kappa shape index (κ3) is 4.10. The third-order valence-electron chi connectivity index (χ3n) is 3.09. The minimum absolute atomic E-state index is 0.284. The summed E-state index contributed by atoms with van der Waals surface area (Å²) in [5.41, 5.74) is -0.708. The lowest BCUT2D eigenvalue weighted by Gasteiger charge is -2.21. The second-order valence-electron chi connectivity index (χ2n) is 5.12. The number of aromatic nitrogens is 1. The summed E-state index contributed by atoms with van der Waals surface area (Å²) in [6, 6.07) is 2.18. The van der Waals surface area contributed by atoms with Gasteiger partial charge in [-0.25, -0.2) is 13.8 Å². The molecule has 0 saturated heterocycles. The number of benzene rings is 1. The predicted octanol–water partition coefficient (Wildman–Crippen LogP) is 2.81. The normalized spacial score (nSPS) is 12.0. The molecule has 1 atom stereocenters. The highest BCUT2D eigenvalue weighted by atomic mass is 32.1. The largest absolute Gasteiger partial charge is 0.340 e. The van der Waals surface area contributed by atoms with E-state index in [0.717, 1.165) is 18.2 Å². The minimum atomic E-state index is -0.981. The maximum absolute atomic E-state index is 13.6. The zero-order chi connectivity index (χ0) is 17.0. The van der Waals surface area contributed by atoms with Gasteiger partial charge in [0.15, 0.2) is 5.13 Å². The molecular weight excluding hydrogens is 324 g/mol. The van der Waals surface area contributed by atoms with Gasteiger partial charge < -0.3 is 10.6 Å². The maximum atomic E-state index is 13.6. The maximum Gasteiger partial charge on any atom is 0.257 e.